The van der Waals surface area contributed by atoms with E-state index in [1.165, 1.54) is 0 Å². The van der Waals surface area contributed by atoms with E-state index < -0.39 is 5.54 Å². The minimum atomic E-state index is -0.993. The van der Waals surface area contributed by atoms with Gasteiger partial charge in [-0.15, -0.1) is 0 Å². The lowest BCUT2D eigenvalue weighted by Gasteiger charge is -2.31. The van der Waals surface area contributed by atoms with Crippen LogP contribution in [0.2, 0.25) is 10.0 Å². The molecule has 5 rings (SSSR count). The maximum Gasteiger partial charge on any atom is 0.248 e. The average molecular weight is 489 g/mol. The van der Waals surface area contributed by atoms with Gasteiger partial charge in [0.15, 0.2) is 0 Å². The Labute approximate surface area is 206 Å². The Hall–Kier alpha value is -3.38. The molecule has 7 heteroatoms. The molecule has 0 bridgehead atoms. The Morgan fingerprint density at radius 3 is 2.44 bits per heavy atom. The van der Waals surface area contributed by atoms with Crippen molar-refractivity contribution in [3.8, 4) is 0 Å². The fourth-order valence-corrected chi connectivity index (χ4v) is 4.83. The van der Waals surface area contributed by atoms with Crippen molar-refractivity contribution < 1.29 is 0 Å². The summed E-state index contributed by atoms with van der Waals surface area (Å²) in [5.74, 6) is 0. The molecule has 2 heterocycles. The van der Waals surface area contributed by atoms with Crippen LogP contribution in [0.4, 0.5) is 0 Å². The van der Waals surface area contributed by atoms with Crippen molar-refractivity contribution >= 4 is 34.1 Å². The molecule has 34 heavy (non-hydrogen) atoms. The third-order valence-corrected chi connectivity index (χ3v) is 6.68. The van der Waals surface area contributed by atoms with Gasteiger partial charge in [-0.25, -0.2) is 4.98 Å². The van der Waals surface area contributed by atoms with E-state index >= 15 is 0 Å². The zero-order chi connectivity index (χ0) is 23.9. The molecule has 5 nitrogen and oxygen atoms in total. The maximum absolute atomic E-state index is 12.4. The number of pyridine rings is 1. The lowest BCUT2D eigenvalue weighted by atomic mass is 9.80. The molecule has 0 aliphatic heterocycles. The van der Waals surface area contributed by atoms with Gasteiger partial charge in [-0.3, -0.25) is 4.79 Å². The van der Waals surface area contributed by atoms with Crippen molar-refractivity contribution in [3.63, 3.8) is 0 Å². The first-order valence-electron chi connectivity index (χ1n) is 10.8. The summed E-state index contributed by atoms with van der Waals surface area (Å²) in [6.07, 6.45) is 4.07. The van der Waals surface area contributed by atoms with Crippen LogP contribution in [0.5, 0.6) is 0 Å². The van der Waals surface area contributed by atoms with Gasteiger partial charge in [0.2, 0.25) is 5.56 Å². The second kappa shape index (κ2) is 8.76. The van der Waals surface area contributed by atoms with E-state index in [0.717, 1.165) is 38.9 Å². The van der Waals surface area contributed by atoms with Crippen LogP contribution in [0.15, 0.2) is 90.1 Å². The molecule has 0 saturated heterocycles. The smallest absolute Gasteiger partial charge is 0.248 e. The predicted octanol–water partition coefficient (Wildman–Crippen LogP) is 5.41. The normalized spacial score (nSPS) is 13.2. The molecule has 0 saturated carbocycles. The van der Waals surface area contributed by atoms with Gasteiger partial charge >= 0.3 is 0 Å². The van der Waals surface area contributed by atoms with Crippen molar-refractivity contribution in [1.29, 1.82) is 0 Å². The number of hydrogen-bond donors (Lipinski definition) is 2. The molecule has 0 spiro atoms. The zero-order valence-electron chi connectivity index (χ0n) is 18.4. The van der Waals surface area contributed by atoms with Gasteiger partial charge in [0, 0.05) is 34.1 Å². The summed E-state index contributed by atoms with van der Waals surface area (Å²) in [7, 11) is 1.92. The number of nitrogens with one attached hydrogen (secondary N) is 1. The molecule has 3 N–H and O–H groups in total. The molecular weight excluding hydrogens is 467 g/mol. The molecule has 1 atom stereocenters. The summed E-state index contributed by atoms with van der Waals surface area (Å²) < 4.78 is 1.92. The Balaban J connectivity index is 1.73. The quantitative estimate of drug-likeness (QED) is 0.347. The van der Waals surface area contributed by atoms with E-state index in [2.05, 4.69) is 9.97 Å². The number of fused-ring (bicyclic) bond motifs is 1. The number of aromatic amines is 1. The molecule has 0 aliphatic carbocycles. The number of hydrogen-bond acceptors (Lipinski definition) is 3. The Morgan fingerprint density at radius 1 is 0.971 bits per heavy atom. The van der Waals surface area contributed by atoms with Gasteiger partial charge in [-0.05, 0) is 65.1 Å². The first-order chi connectivity index (χ1) is 16.3. The molecule has 170 valence electrons. The van der Waals surface area contributed by atoms with Crippen LogP contribution in [0, 0.1) is 0 Å². The zero-order valence-corrected chi connectivity index (χ0v) is 19.9. The fraction of sp³-hybridized carbons (Fsp3) is 0.111. The first-order valence-corrected chi connectivity index (χ1v) is 11.5. The number of aromatic nitrogens is 3. The van der Waals surface area contributed by atoms with Crippen LogP contribution in [-0.4, -0.2) is 14.5 Å². The number of aryl methyl sites for hydroxylation is 1. The molecule has 5 aromatic rings. The highest BCUT2D eigenvalue weighted by Gasteiger charge is 2.35. The first kappa shape index (κ1) is 22.4. The van der Waals surface area contributed by atoms with Gasteiger partial charge in [0.25, 0.3) is 0 Å². The van der Waals surface area contributed by atoms with Crippen LogP contribution in [0.25, 0.3) is 10.9 Å². The Bertz CT molecular complexity index is 1560. The Morgan fingerprint density at radius 2 is 1.74 bits per heavy atom. The number of rotatable bonds is 5. The number of halogens is 2. The molecule has 0 radical (unpaired) electrons. The number of nitrogens with two attached hydrogens (primary N) is 1. The van der Waals surface area contributed by atoms with Crippen LogP contribution in [0.1, 0.15) is 27.9 Å². The van der Waals surface area contributed by atoms with E-state index in [1.807, 2.05) is 78.3 Å². The third-order valence-electron chi connectivity index (χ3n) is 6.19. The van der Waals surface area contributed by atoms with Gasteiger partial charge in [0.05, 0.1) is 18.2 Å². The second-order valence-electron chi connectivity index (χ2n) is 8.43. The molecule has 2 aromatic heterocycles. The molecule has 0 amide bonds. The predicted molar refractivity (Wildman–Crippen MR) is 138 cm³/mol. The summed E-state index contributed by atoms with van der Waals surface area (Å²) in [6, 6.07) is 22.7. The van der Waals surface area contributed by atoms with Crippen molar-refractivity contribution in [3.05, 3.63) is 134 Å². The van der Waals surface area contributed by atoms with Gasteiger partial charge < -0.3 is 15.3 Å². The van der Waals surface area contributed by atoms with E-state index in [-0.39, 0.29) is 5.56 Å². The van der Waals surface area contributed by atoms with Gasteiger partial charge in [0.1, 0.15) is 5.54 Å². The maximum atomic E-state index is 12.4. The average Bonchev–Trinajstić information content (AvgIpc) is 3.25. The van der Waals surface area contributed by atoms with E-state index in [1.54, 1.807) is 18.6 Å². The molecular formula is C27H22Cl2N4O. The standard InChI is InChI=1S/C27H22Cl2N4O/c1-33-16-31-15-25(33)27(30,19-5-8-21(28)9-6-19)20-7-10-24-23(14-20)18(13-26(34)32-24)11-17-3-2-4-22(29)12-17/h2-10,12-16H,11,30H2,1H3,(H,32,34). The molecule has 0 aliphatic rings. The SMILES string of the molecule is Cn1cncc1C(N)(c1ccc(Cl)cc1)c1ccc2[nH]c(=O)cc(Cc3cccc(Cl)c3)c2c1. The van der Waals surface area contributed by atoms with Crippen molar-refractivity contribution in [2.75, 3.05) is 0 Å². The Kier molecular flexibility index (Phi) is 5.78. The van der Waals surface area contributed by atoms with Crippen molar-refractivity contribution in [1.82, 2.24) is 14.5 Å². The molecule has 0 fully saturated rings. The minimum Gasteiger partial charge on any atom is -0.336 e. The highest BCUT2D eigenvalue weighted by molar-refractivity contribution is 6.30. The number of H-pyrrole nitrogens is 1. The summed E-state index contributed by atoms with van der Waals surface area (Å²) in [6.45, 7) is 0. The van der Waals surface area contributed by atoms with Crippen LogP contribution < -0.4 is 11.3 Å². The fourth-order valence-electron chi connectivity index (χ4n) is 4.49. The van der Waals surface area contributed by atoms with Gasteiger partial charge in [-0.1, -0.05) is 53.5 Å². The monoisotopic (exact) mass is 488 g/mol. The molecule has 3 aromatic carbocycles. The summed E-state index contributed by atoms with van der Waals surface area (Å²) in [5.41, 5.74) is 11.3. The third kappa shape index (κ3) is 4.03. The van der Waals surface area contributed by atoms with E-state index in [4.69, 9.17) is 28.9 Å². The largest absolute Gasteiger partial charge is 0.336 e. The minimum absolute atomic E-state index is 0.152. The topological polar surface area (TPSA) is 76.7 Å². The highest BCUT2D eigenvalue weighted by Crippen LogP contribution is 2.36. The van der Waals surface area contributed by atoms with Crippen LogP contribution >= 0.6 is 23.2 Å². The number of nitrogens with zero attached hydrogens (tertiary/aromatic N) is 2. The second-order valence-corrected chi connectivity index (χ2v) is 9.30. The summed E-state index contributed by atoms with van der Waals surface area (Å²) >= 11 is 12.4. The summed E-state index contributed by atoms with van der Waals surface area (Å²) in [5, 5.41) is 2.21. The van der Waals surface area contributed by atoms with Crippen molar-refractivity contribution in [2.45, 2.75) is 12.0 Å². The van der Waals surface area contributed by atoms with E-state index in [0.29, 0.717) is 16.5 Å². The van der Waals surface area contributed by atoms with Crippen molar-refractivity contribution in [2.24, 2.45) is 12.8 Å². The molecule has 1 unspecified atom stereocenters. The van der Waals surface area contributed by atoms with Gasteiger partial charge in [-0.2, -0.15) is 0 Å². The van der Waals surface area contributed by atoms with Crippen LogP contribution in [-0.2, 0) is 19.0 Å². The number of benzene rings is 3. The van der Waals surface area contributed by atoms with Crippen LogP contribution in [0.3, 0.4) is 0 Å². The van der Waals surface area contributed by atoms with E-state index in [9.17, 15) is 4.79 Å². The summed E-state index contributed by atoms with van der Waals surface area (Å²) in [4.78, 5) is 19.6. The lowest BCUT2D eigenvalue weighted by molar-refractivity contribution is 0.596. The lowest BCUT2D eigenvalue weighted by Crippen LogP contribution is -2.41. The number of imidazole rings is 1. The highest BCUT2D eigenvalue weighted by atomic mass is 35.5.